The molecule has 2 rings (SSSR count). The molecule has 2 nitrogen and oxygen atoms in total. The molecule has 1 atom stereocenters. The molecule has 1 amide bonds. The fraction of sp³-hybridized carbons (Fsp3) is 0.417. The van der Waals surface area contributed by atoms with Crippen LogP contribution in [0.2, 0.25) is 5.02 Å². The Morgan fingerprint density at radius 3 is 2.67 bits per heavy atom. The summed E-state index contributed by atoms with van der Waals surface area (Å²) in [6, 6.07) is 3.85. The van der Waals surface area contributed by atoms with Crippen LogP contribution < -0.4 is 5.32 Å². The van der Waals surface area contributed by atoms with E-state index in [-0.39, 0.29) is 23.3 Å². The van der Waals surface area contributed by atoms with Crippen molar-refractivity contribution in [2.45, 2.75) is 24.9 Å². The Kier molecular flexibility index (Phi) is 3.52. The number of hydrogen-bond acceptors (Lipinski definition) is 1. The van der Waals surface area contributed by atoms with E-state index in [2.05, 4.69) is 5.32 Å². The van der Waals surface area contributed by atoms with Crippen LogP contribution in [-0.4, -0.2) is 12.5 Å². The highest BCUT2D eigenvalue weighted by atomic mass is 35.5. The van der Waals surface area contributed by atoms with Crippen LogP contribution in [0.15, 0.2) is 18.2 Å². The van der Waals surface area contributed by atoms with Crippen molar-refractivity contribution in [3.63, 3.8) is 0 Å². The Balaban J connectivity index is 2.32. The van der Waals surface area contributed by atoms with E-state index < -0.39 is 11.7 Å². The largest absolute Gasteiger partial charge is 0.417 e. The van der Waals surface area contributed by atoms with E-state index in [9.17, 15) is 18.0 Å². The van der Waals surface area contributed by atoms with Crippen LogP contribution in [0, 0.1) is 0 Å². The minimum absolute atomic E-state index is 0.130. The topological polar surface area (TPSA) is 29.1 Å². The molecule has 1 unspecified atom stereocenters. The van der Waals surface area contributed by atoms with Gasteiger partial charge in [-0.15, -0.1) is 0 Å². The number of carbonyl (C=O) groups is 1. The molecular formula is C12H11ClF3NO. The summed E-state index contributed by atoms with van der Waals surface area (Å²) in [4.78, 5) is 11.2. The molecule has 1 N–H and O–H groups in total. The molecule has 0 radical (unpaired) electrons. The van der Waals surface area contributed by atoms with Crippen molar-refractivity contribution in [3.05, 3.63) is 34.3 Å². The number of rotatable bonds is 1. The Morgan fingerprint density at radius 1 is 1.33 bits per heavy atom. The lowest BCUT2D eigenvalue weighted by molar-refractivity contribution is -0.137. The Hall–Kier alpha value is -1.23. The van der Waals surface area contributed by atoms with E-state index in [0.29, 0.717) is 18.5 Å². The van der Waals surface area contributed by atoms with Crippen LogP contribution in [0.5, 0.6) is 0 Å². The summed E-state index contributed by atoms with van der Waals surface area (Å²) in [5.74, 6) is -0.299. The first-order valence-electron chi connectivity index (χ1n) is 5.51. The fourth-order valence-electron chi connectivity index (χ4n) is 2.08. The monoisotopic (exact) mass is 277 g/mol. The molecule has 1 fully saturated rings. The van der Waals surface area contributed by atoms with Crippen molar-refractivity contribution >= 4 is 17.5 Å². The summed E-state index contributed by atoms with van der Waals surface area (Å²) in [5, 5.41) is 2.34. The Morgan fingerprint density at radius 2 is 2.06 bits per heavy atom. The van der Waals surface area contributed by atoms with Crippen molar-refractivity contribution in [1.82, 2.24) is 5.32 Å². The maximum Gasteiger partial charge on any atom is 0.417 e. The van der Waals surface area contributed by atoms with E-state index >= 15 is 0 Å². The number of benzene rings is 1. The zero-order valence-corrected chi connectivity index (χ0v) is 10.1. The first-order chi connectivity index (χ1) is 8.38. The molecule has 0 bridgehead atoms. The molecule has 0 saturated carbocycles. The first-order valence-corrected chi connectivity index (χ1v) is 5.89. The van der Waals surface area contributed by atoms with E-state index in [0.717, 1.165) is 6.07 Å². The molecule has 0 aliphatic carbocycles. The zero-order chi connectivity index (χ0) is 13.3. The van der Waals surface area contributed by atoms with Crippen LogP contribution in [0.25, 0.3) is 0 Å². The molecule has 1 aromatic carbocycles. The van der Waals surface area contributed by atoms with Gasteiger partial charge in [0.1, 0.15) is 0 Å². The number of alkyl halides is 3. The number of halogens is 4. The molecule has 98 valence electrons. The smallest absolute Gasteiger partial charge is 0.356 e. The molecule has 0 spiro atoms. The fourth-order valence-corrected chi connectivity index (χ4v) is 2.31. The van der Waals surface area contributed by atoms with Crippen LogP contribution in [0.1, 0.15) is 29.9 Å². The van der Waals surface area contributed by atoms with Gasteiger partial charge < -0.3 is 5.32 Å². The summed E-state index contributed by atoms with van der Waals surface area (Å²) in [6.07, 6.45) is -3.60. The van der Waals surface area contributed by atoms with Crippen molar-refractivity contribution in [3.8, 4) is 0 Å². The molecule has 6 heteroatoms. The normalized spacial score (nSPS) is 20.7. The van der Waals surface area contributed by atoms with E-state index in [1.54, 1.807) is 6.07 Å². The molecule has 1 aliphatic heterocycles. The van der Waals surface area contributed by atoms with Crippen molar-refractivity contribution in [2.24, 2.45) is 0 Å². The van der Waals surface area contributed by atoms with Gasteiger partial charge in [0.05, 0.1) is 10.6 Å². The van der Waals surface area contributed by atoms with E-state index in [4.69, 9.17) is 11.6 Å². The lowest BCUT2D eigenvalue weighted by Crippen LogP contribution is -2.32. The highest BCUT2D eigenvalue weighted by Crippen LogP contribution is 2.37. The van der Waals surface area contributed by atoms with Gasteiger partial charge in [-0.2, -0.15) is 13.2 Å². The second-order valence-electron chi connectivity index (χ2n) is 4.28. The second-order valence-corrected chi connectivity index (χ2v) is 4.68. The van der Waals surface area contributed by atoms with Gasteiger partial charge in [-0.25, -0.2) is 0 Å². The van der Waals surface area contributed by atoms with Crippen molar-refractivity contribution in [1.29, 1.82) is 0 Å². The summed E-state index contributed by atoms with van der Waals surface area (Å²) in [6.45, 7) is 0.494. The Bertz CT molecular complexity index is 473. The molecule has 1 aromatic rings. The van der Waals surface area contributed by atoms with Gasteiger partial charge in [-0.1, -0.05) is 17.7 Å². The van der Waals surface area contributed by atoms with Gasteiger partial charge in [0.2, 0.25) is 5.91 Å². The van der Waals surface area contributed by atoms with Gasteiger partial charge in [0, 0.05) is 13.0 Å². The maximum absolute atomic E-state index is 12.7. The minimum Gasteiger partial charge on any atom is -0.356 e. The molecule has 18 heavy (non-hydrogen) atoms. The molecule has 1 saturated heterocycles. The number of carbonyl (C=O) groups excluding carboxylic acids is 1. The molecule has 0 aromatic heterocycles. The van der Waals surface area contributed by atoms with Crippen molar-refractivity contribution in [2.75, 3.05) is 6.54 Å². The quantitative estimate of drug-likeness (QED) is 0.838. The average molecular weight is 278 g/mol. The zero-order valence-electron chi connectivity index (χ0n) is 9.35. The number of nitrogens with one attached hydrogen (secondary N) is 1. The van der Waals surface area contributed by atoms with Gasteiger partial charge in [0.25, 0.3) is 0 Å². The number of amides is 1. The SMILES string of the molecule is O=C1CC(c2ccc(Cl)c(C(F)(F)F)c2)CCN1. The van der Waals surface area contributed by atoms with Crippen molar-refractivity contribution < 1.29 is 18.0 Å². The van der Waals surface area contributed by atoms with E-state index in [1.165, 1.54) is 6.07 Å². The van der Waals surface area contributed by atoms with Gasteiger partial charge in [0.15, 0.2) is 0 Å². The van der Waals surface area contributed by atoms with Crippen LogP contribution >= 0.6 is 11.6 Å². The summed E-state index contributed by atoms with van der Waals surface area (Å²) >= 11 is 5.55. The molecule has 1 heterocycles. The maximum atomic E-state index is 12.7. The van der Waals surface area contributed by atoms with Crippen LogP contribution in [-0.2, 0) is 11.0 Å². The Labute approximate surface area is 107 Å². The highest BCUT2D eigenvalue weighted by Gasteiger charge is 2.34. The minimum atomic E-state index is -4.47. The highest BCUT2D eigenvalue weighted by molar-refractivity contribution is 6.31. The van der Waals surface area contributed by atoms with Crippen LogP contribution in [0.3, 0.4) is 0 Å². The third-order valence-electron chi connectivity index (χ3n) is 3.01. The first kappa shape index (κ1) is 13.2. The lowest BCUT2D eigenvalue weighted by atomic mass is 9.89. The average Bonchev–Trinajstić information content (AvgIpc) is 2.28. The summed E-state index contributed by atoms with van der Waals surface area (Å²) < 4.78 is 38.1. The summed E-state index contributed by atoms with van der Waals surface area (Å²) in [5.41, 5.74) is -0.325. The summed E-state index contributed by atoms with van der Waals surface area (Å²) in [7, 11) is 0. The molecule has 1 aliphatic rings. The van der Waals surface area contributed by atoms with Gasteiger partial charge in [-0.05, 0) is 30.0 Å². The second kappa shape index (κ2) is 4.80. The number of hydrogen-bond donors (Lipinski definition) is 1. The lowest BCUT2D eigenvalue weighted by Gasteiger charge is -2.23. The third-order valence-corrected chi connectivity index (χ3v) is 3.34. The number of piperidine rings is 1. The standard InChI is InChI=1S/C12H11ClF3NO/c13-10-2-1-7(5-9(10)12(14,15)16)8-3-4-17-11(18)6-8/h1-2,5,8H,3-4,6H2,(H,17,18). The third kappa shape index (κ3) is 2.77. The van der Waals surface area contributed by atoms with Gasteiger partial charge >= 0.3 is 6.18 Å². The predicted octanol–water partition coefficient (Wildman–Crippen LogP) is 3.35. The van der Waals surface area contributed by atoms with E-state index in [1.807, 2.05) is 0 Å². The van der Waals surface area contributed by atoms with Crippen LogP contribution in [0.4, 0.5) is 13.2 Å². The van der Waals surface area contributed by atoms with Gasteiger partial charge in [-0.3, -0.25) is 4.79 Å². The molecular weight excluding hydrogens is 267 g/mol. The predicted molar refractivity (Wildman–Crippen MR) is 61.4 cm³/mol.